The lowest BCUT2D eigenvalue weighted by Crippen LogP contribution is -2.54. The minimum atomic E-state index is -0.847. The molecule has 37 heavy (non-hydrogen) atoms. The van der Waals surface area contributed by atoms with Gasteiger partial charge in [0.25, 0.3) is 17.7 Å². The largest absolute Gasteiger partial charge is 0.494 e. The van der Waals surface area contributed by atoms with Crippen LogP contribution in [0.1, 0.15) is 12.5 Å². The number of rotatable bonds is 8. The van der Waals surface area contributed by atoms with Gasteiger partial charge in [0.15, 0.2) is 6.61 Å². The zero-order valence-electron chi connectivity index (χ0n) is 19.7. The van der Waals surface area contributed by atoms with Crippen molar-refractivity contribution in [3.8, 4) is 11.5 Å². The highest BCUT2D eigenvalue weighted by molar-refractivity contribution is 6.39. The Bertz CT molecular complexity index is 1370. The van der Waals surface area contributed by atoms with Crippen LogP contribution in [-0.2, 0) is 14.4 Å². The van der Waals surface area contributed by atoms with Gasteiger partial charge >= 0.3 is 6.03 Å². The predicted octanol–water partition coefficient (Wildman–Crippen LogP) is 4.42. The summed E-state index contributed by atoms with van der Waals surface area (Å²) in [6.45, 7) is 2.05. The SMILES string of the molecule is CCOc1ccc(N2C(=O)NC(=O)/C(=C/c3cccc(OCC(=O)Nc4ccc(Cl)cc4)c3)C2=O)cc1. The lowest BCUT2D eigenvalue weighted by molar-refractivity contribution is -0.122. The molecule has 3 aromatic carbocycles. The number of urea groups is 1. The van der Waals surface area contributed by atoms with Crippen molar-refractivity contribution in [2.75, 3.05) is 23.4 Å². The van der Waals surface area contributed by atoms with E-state index in [0.29, 0.717) is 34.4 Å². The van der Waals surface area contributed by atoms with Crippen molar-refractivity contribution in [1.82, 2.24) is 5.32 Å². The first-order chi connectivity index (χ1) is 17.8. The van der Waals surface area contributed by atoms with Crippen LogP contribution in [0.4, 0.5) is 16.2 Å². The maximum atomic E-state index is 13.1. The molecule has 0 atom stereocenters. The van der Waals surface area contributed by atoms with E-state index in [-0.39, 0.29) is 23.8 Å². The molecular weight excluding hydrogens is 498 g/mol. The zero-order chi connectivity index (χ0) is 26.4. The molecule has 0 saturated carbocycles. The number of hydrogen-bond donors (Lipinski definition) is 2. The summed E-state index contributed by atoms with van der Waals surface area (Å²) in [5.41, 5.74) is 1.10. The van der Waals surface area contributed by atoms with E-state index in [0.717, 1.165) is 4.90 Å². The Hall–Kier alpha value is -4.63. The normalized spacial score (nSPS) is 14.4. The molecule has 188 valence electrons. The summed E-state index contributed by atoms with van der Waals surface area (Å²) in [6, 6.07) is 18.7. The quantitative estimate of drug-likeness (QED) is 0.336. The number of hydrogen-bond acceptors (Lipinski definition) is 6. The van der Waals surface area contributed by atoms with Crippen molar-refractivity contribution in [1.29, 1.82) is 0 Å². The van der Waals surface area contributed by atoms with Crippen molar-refractivity contribution >= 4 is 52.8 Å². The lowest BCUT2D eigenvalue weighted by Gasteiger charge is -2.26. The molecule has 5 amide bonds. The fourth-order valence-electron chi connectivity index (χ4n) is 3.49. The van der Waals surface area contributed by atoms with Gasteiger partial charge in [-0.1, -0.05) is 23.7 Å². The number of carbonyl (C=O) groups is 4. The molecule has 0 bridgehead atoms. The summed E-state index contributed by atoms with van der Waals surface area (Å²) in [5, 5.41) is 5.43. The van der Waals surface area contributed by atoms with Crippen LogP contribution < -0.4 is 25.0 Å². The number of amides is 5. The first-order valence-electron chi connectivity index (χ1n) is 11.3. The third-order valence-electron chi connectivity index (χ3n) is 5.17. The van der Waals surface area contributed by atoms with E-state index in [1.54, 1.807) is 72.8 Å². The third kappa shape index (κ3) is 6.33. The number of barbiturate groups is 1. The first-order valence-corrected chi connectivity index (χ1v) is 11.6. The van der Waals surface area contributed by atoms with Gasteiger partial charge in [0.2, 0.25) is 0 Å². The smallest absolute Gasteiger partial charge is 0.335 e. The number of nitrogens with zero attached hydrogens (tertiary/aromatic N) is 1. The Morgan fingerprint density at radius 2 is 1.70 bits per heavy atom. The number of ether oxygens (including phenoxy) is 2. The summed E-state index contributed by atoms with van der Waals surface area (Å²) in [6.07, 6.45) is 1.35. The Morgan fingerprint density at radius 3 is 2.41 bits per heavy atom. The van der Waals surface area contributed by atoms with Gasteiger partial charge in [-0.25, -0.2) is 9.69 Å². The molecule has 0 aromatic heterocycles. The molecule has 10 heteroatoms. The molecule has 1 heterocycles. The number of nitrogens with one attached hydrogen (secondary N) is 2. The fraction of sp³-hybridized carbons (Fsp3) is 0.111. The van der Waals surface area contributed by atoms with Crippen molar-refractivity contribution in [3.63, 3.8) is 0 Å². The second kappa shape index (κ2) is 11.4. The molecule has 1 saturated heterocycles. The van der Waals surface area contributed by atoms with Gasteiger partial charge in [-0.2, -0.15) is 0 Å². The van der Waals surface area contributed by atoms with Gasteiger partial charge in [-0.15, -0.1) is 0 Å². The highest BCUT2D eigenvalue weighted by Crippen LogP contribution is 2.25. The van der Waals surface area contributed by atoms with Crippen LogP contribution in [0.3, 0.4) is 0 Å². The summed E-state index contributed by atoms with van der Waals surface area (Å²) < 4.78 is 10.9. The second-order valence-corrected chi connectivity index (χ2v) is 8.24. The number of anilines is 2. The Balaban J connectivity index is 1.47. The van der Waals surface area contributed by atoms with Crippen molar-refractivity contribution in [2.45, 2.75) is 6.92 Å². The van der Waals surface area contributed by atoms with E-state index in [9.17, 15) is 19.2 Å². The topological polar surface area (TPSA) is 114 Å². The summed E-state index contributed by atoms with van der Waals surface area (Å²) in [5.74, 6) is -1.03. The van der Waals surface area contributed by atoms with Crippen molar-refractivity contribution in [2.24, 2.45) is 0 Å². The Labute approximate surface area is 217 Å². The number of carbonyl (C=O) groups excluding carboxylic acids is 4. The Morgan fingerprint density at radius 1 is 0.973 bits per heavy atom. The van der Waals surface area contributed by atoms with Gasteiger partial charge in [0.05, 0.1) is 12.3 Å². The molecule has 4 rings (SSSR count). The minimum Gasteiger partial charge on any atom is -0.494 e. The number of halogens is 1. The molecule has 0 aliphatic carbocycles. The molecule has 1 aliphatic heterocycles. The molecule has 0 unspecified atom stereocenters. The van der Waals surface area contributed by atoms with E-state index in [1.807, 2.05) is 6.92 Å². The maximum Gasteiger partial charge on any atom is 0.335 e. The summed E-state index contributed by atoms with van der Waals surface area (Å²) in [7, 11) is 0. The maximum absolute atomic E-state index is 13.1. The van der Waals surface area contributed by atoms with Gasteiger partial charge in [-0.05, 0) is 79.2 Å². The zero-order valence-corrected chi connectivity index (χ0v) is 20.5. The summed E-state index contributed by atoms with van der Waals surface area (Å²) in [4.78, 5) is 51.1. The Kier molecular flexibility index (Phi) is 7.85. The van der Waals surface area contributed by atoms with E-state index < -0.39 is 17.8 Å². The summed E-state index contributed by atoms with van der Waals surface area (Å²) >= 11 is 5.84. The van der Waals surface area contributed by atoms with E-state index in [4.69, 9.17) is 21.1 Å². The molecule has 0 spiro atoms. The molecule has 1 fully saturated rings. The van der Waals surface area contributed by atoms with E-state index in [2.05, 4.69) is 10.6 Å². The molecule has 9 nitrogen and oxygen atoms in total. The number of imide groups is 2. The van der Waals surface area contributed by atoms with Gasteiger partial charge in [-0.3, -0.25) is 19.7 Å². The van der Waals surface area contributed by atoms with Gasteiger partial charge in [0, 0.05) is 10.7 Å². The van der Waals surface area contributed by atoms with Crippen LogP contribution in [0.5, 0.6) is 11.5 Å². The van der Waals surface area contributed by atoms with Crippen LogP contribution in [0, 0.1) is 0 Å². The predicted molar refractivity (Wildman–Crippen MR) is 139 cm³/mol. The highest BCUT2D eigenvalue weighted by atomic mass is 35.5. The second-order valence-electron chi connectivity index (χ2n) is 7.80. The van der Waals surface area contributed by atoms with Crippen LogP contribution >= 0.6 is 11.6 Å². The van der Waals surface area contributed by atoms with Gasteiger partial charge in [0.1, 0.15) is 17.1 Å². The van der Waals surface area contributed by atoms with Crippen LogP contribution in [0.15, 0.2) is 78.4 Å². The molecule has 0 radical (unpaired) electrons. The third-order valence-corrected chi connectivity index (χ3v) is 5.43. The molecule has 2 N–H and O–H groups in total. The van der Waals surface area contributed by atoms with Crippen LogP contribution in [-0.4, -0.2) is 37.0 Å². The van der Waals surface area contributed by atoms with Gasteiger partial charge < -0.3 is 14.8 Å². The molecule has 3 aromatic rings. The molecule has 1 aliphatic rings. The minimum absolute atomic E-state index is 0.230. The van der Waals surface area contributed by atoms with Crippen molar-refractivity contribution < 1.29 is 28.7 Å². The van der Waals surface area contributed by atoms with E-state index >= 15 is 0 Å². The number of benzene rings is 3. The van der Waals surface area contributed by atoms with Crippen LogP contribution in [0.25, 0.3) is 6.08 Å². The standard InChI is InChI=1S/C27H22ClN3O6/c1-2-36-21-12-10-20(11-13-21)31-26(34)23(25(33)30-27(31)35)15-17-4-3-5-22(14-17)37-16-24(32)29-19-8-6-18(28)7-9-19/h3-15H,2,16H2,1H3,(H,29,32)(H,30,33,35)/b23-15-. The monoisotopic (exact) mass is 519 g/mol. The lowest BCUT2D eigenvalue weighted by atomic mass is 10.1. The average molecular weight is 520 g/mol. The van der Waals surface area contributed by atoms with E-state index in [1.165, 1.54) is 6.08 Å². The molecular formula is C27H22ClN3O6. The average Bonchev–Trinajstić information content (AvgIpc) is 2.88. The first kappa shape index (κ1) is 25.5. The van der Waals surface area contributed by atoms with Crippen LogP contribution in [0.2, 0.25) is 5.02 Å². The van der Waals surface area contributed by atoms with Crippen molar-refractivity contribution in [3.05, 3.63) is 89.0 Å². The fourth-order valence-corrected chi connectivity index (χ4v) is 3.62. The highest BCUT2D eigenvalue weighted by Gasteiger charge is 2.36.